The predicted octanol–water partition coefficient (Wildman–Crippen LogP) is 2.94. The second kappa shape index (κ2) is 7.64. The highest BCUT2D eigenvalue weighted by molar-refractivity contribution is 9.10. The molecule has 2 aromatic rings. The first-order valence-electron chi connectivity index (χ1n) is 6.59. The Morgan fingerprint density at radius 3 is 2.61 bits per heavy atom. The topological polar surface area (TPSA) is 80.2 Å². The second-order valence-corrected chi connectivity index (χ2v) is 5.36. The standard InChI is InChI=1S/C16H15BrN2O4/c1-22-13-6-4-3-5-12(13)16(21)19-18-9-10-7-11(17)8-14(23-2)15(10)20/h3-9,20H,1-2H3,(H,19,21)/b18-9+. The minimum Gasteiger partial charge on any atom is -0.504 e. The van der Waals surface area contributed by atoms with Crippen molar-refractivity contribution in [1.82, 2.24) is 5.43 Å². The number of carbonyl (C=O) groups excluding carboxylic acids is 1. The molecular weight excluding hydrogens is 364 g/mol. The zero-order chi connectivity index (χ0) is 16.8. The molecule has 0 aliphatic rings. The van der Waals surface area contributed by atoms with Gasteiger partial charge in [0.25, 0.3) is 5.91 Å². The molecule has 0 unspecified atom stereocenters. The van der Waals surface area contributed by atoms with Crippen molar-refractivity contribution in [1.29, 1.82) is 0 Å². The molecule has 0 radical (unpaired) electrons. The number of hydrogen-bond donors (Lipinski definition) is 2. The van der Waals surface area contributed by atoms with Crippen LogP contribution in [0.3, 0.4) is 0 Å². The highest BCUT2D eigenvalue weighted by Gasteiger charge is 2.11. The summed E-state index contributed by atoms with van der Waals surface area (Å²) in [5, 5.41) is 13.9. The minimum absolute atomic E-state index is 0.0639. The average Bonchev–Trinajstić information content (AvgIpc) is 2.57. The Morgan fingerprint density at radius 2 is 1.91 bits per heavy atom. The molecule has 120 valence electrons. The van der Waals surface area contributed by atoms with E-state index < -0.39 is 5.91 Å². The van der Waals surface area contributed by atoms with Gasteiger partial charge in [-0.3, -0.25) is 4.79 Å². The molecule has 0 fully saturated rings. The smallest absolute Gasteiger partial charge is 0.275 e. The summed E-state index contributed by atoms with van der Waals surface area (Å²) in [5.41, 5.74) is 3.15. The number of hydrogen-bond acceptors (Lipinski definition) is 5. The highest BCUT2D eigenvalue weighted by Crippen LogP contribution is 2.32. The lowest BCUT2D eigenvalue weighted by atomic mass is 10.2. The number of ether oxygens (including phenoxy) is 2. The number of rotatable bonds is 5. The first-order valence-corrected chi connectivity index (χ1v) is 7.39. The van der Waals surface area contributed by atoms with Crippen LogP contribution in [0, 0.1) is 0 Å². The van der Waals surface area contributed by atoms with Gasteiger partial charge in [0.05, 0.1) is 26.0 Å². The zero-order valence-corrected chi connectivity index (χ0v) is 14.1. The number of aromatic hydroxyl groups is 1. The molecule has 2 rings (SSSR count). The van der Waals surface area contributed by atoms with E-state index in [1.54, 1.807) is 36.4 Å². The summed E-state index contributed by atoms with van der Waals surface area (Å²) in [7, 11) is 2.94. The fraction of sp³-hybridized carbons (Fsp3) is 0.125. The summed E-state index contributed by atoms with van der Waals surface area (Å²) < 4.78 is 10.9. The summed E-state index contributed by atoms with van der Waals surface area (Å²) >= 11 is 3.31. The third kappa shape index (κ3) is 4.01. The van der Waals surface area contributed by atoms with Gasteiger partial charge in [-0.15, -0.1) is 0 Å². The number of methoxy groups -OCH3 is 2. The summed E-state index contributed by atoms with van der Waals surface area (Å²) in [6.45, 7) is 0. The van der Waals surface area contributed by atoms with E-state index in [9.17, 15) is 9.90 Å². The van der Waals surface area contributed by atoms with Gasteiger partial charge in [-0.2, -0.15) is 5.10 Å². The number of phenols is 1. The molecule has 0 aliphatic heterocycles. The molecule has 6 nitrogen and oxygen atoms in total. The Bertz CT molecular complexity index is 747. The first-order chi connectivity index (χ1) is 11.1. The molecule has 2 N–H and O–H groups in total. The summed E-state index contributed by atoms with van der Waals surface area (Å²) in [5.74, 6) is 0.273. The van der Waals surface area contributed by atoms with Crippen molar-refractivity contribution in [3.8, 4) is 17.2 Å². The van der Waals surface area contributed by atoms with E-state index in [4.69, 9.17) is 9.47 Å². The van der Waals surface area contributed by atoms with Crippen LogP contribution in [-0.4, -0.2) is 31.4 Å². The molecule has 1 amide bonds. The first kappa shape index (κ1) is 16.8. The number of phenolic OH excluding ortho intramolecular Hbond substituents is 1. The van der Waals surface area contributed by atoms with Gasteiger partial charge < -0.3 is 14.6 Å². The predicted molar refractivity (Wildman–Crippen MR) is 90.4 cm³/mol. The molecule has 0 atom stereocenters. The van der Waals surface area contributed by atoms with Crippen LogP contribution in [-0.2, 0) is 0 Å². The maximum atomic E-state index is 12.1. The number of halogens is 1. The van der Waals surface area contributed by atoms with Gasteiger partial charge in [0.15, 0.2) is 11.5 Å². The molecule has 0 bridgehead atoms. The van der Waals surface area contributed by atoms with Gasteiger partial charge >= 0.3 is 0 Å². The lowest BCUT2D eigenvalue weighted by Crippen LogP contribution is -2.18. The van der Waals surface area contributed by atoms with Crippen LogP contribution in [0.25, 0.3) is 0 Å². The van der Waals surface area contributed by atoms with Crippen LogP contribution in [0.2, 0.25) is 0 Å². The lowest BCUT2D eigenvalue weighted by molar-refractivity contribution is 0.0952. The fourth-order valence-corrected chi connectivity index (χ4v) is 2.36. The molecule has 0 heterocycles. The Balaban J connectivity index is 2.16. The van der Waals surface area contributed by atoms with Gasteiger partial charge in [-0.1, -0.05) is 28.1 Å². The van der Waals surface area contributed by atoms with Crippen LogP contribution in [0.15, 0.2) is 46.0 Å². The average molecular weight is 379 g/mol. The van der Waals surface area contributed by atoms with Crippen LogP contribution < -0.4 is 14.9 Å². The third-order valence-corrected chi connectivity index (χ3v) is 3.47. The van der Waals surface area contributed by atoms with Gasteiger partial charge in [0.2, 0.25) is 0 Å². The van der Waals surface area contributed by atoms with Crippen LogP contribution in [0.4, 0.5) is 0 Å². The van der Waals surface area contributed by atoms with Gasteiger partial charge in [0, 0.05) is 10.0 Å². The molecule has 0 saturated heterocycles. The Kier molecular flexibility index (Phi) is 5.59. The number of amides is 1. The van der Waals surface area contributed by atoms with Crippen molar-refractivity contribution in [2.75, 3.05) is 14.2 Å². The maximum absolute atomic E-state index is 12.1. The van der Waals surface area contributed by atoms with Gasteiger partial charge in [-0.05, 0) is 24.3 Å². The number of carbonyl (C=O) groups is 1. The molecule has 0 aliphatic carbocycles. The van der Waals surface area contributed by atoms with Crippen LogP contribution in [0.1, 0.15) is 15.9 Å². The SMILES string of the molecule is COc1ccccc1C(=O)N/N=C/c1cc(Br)cc(OC)c1O. The molecule has 0 aromatic heterocycles. The quantitative estimate of drug-likeness (QED) is 0.619. The summed E-state index contributed by atoms with van der Waals surface area (Å²) in [6.07, 6.45) is 1.33. The Labute approximate surface area is 141 Å². The minimum atomic E-state index is -0.417. The van der Waals surface area contributed by atoms with Crippen molar-refractivity contribution in [3.63, 3.8) is 0 Å². The van der Waals surface area contributed by atoms with E-state index in [-0.39, 0.29) is 5.75 Å². The van der Waals surface area contributed by atoms with E-state index in [2.05, 4.69) is 26.5 Å². The van der Waals surface area contributed by atoms with Gasteiger partial charge in [-0.25, -0.2) is 5.43 Å². The van der Waals surface area contributed by atoms with Crippen LogP contribution in [0.5, 0.6) is 17.2 Å². The zero-order valence-electron chi connectivity index (χ0n) is 12.5. The second-order valence-electron chi connectivity index (χ2n) is 4.45. The lowest BCUT2D eigenvalue weighted by Gasteiger charge is -2.07. The fourth-order valence-electron chi connectivity index (χ4n) is 1.90. The number of para-hydroxylation sites is 1. The van der Waals surface area contributed by atoms with E-state index >= 15 is 0 Å². The molecule has 23 heavy (non-hydrogen) atoms. The summed E-state index contributed by atoms with van der Waals surface area (Å²) in [4.78, 5) is 12.1. The van der Waals surface area contributed by atoms with E-state index in [0.717, 1.165) is 0 Å². The highest BCUT2D eigenvalue weighted by atomic mass is 79.9. The van der Waals surface area contributed by atoms with Crippen molar-refractivity contribution in [2.24, 2.45) is 5.10 Å². The molecule has 2 aromatic carbocycles. The van der Waals surface area contributed by atoms with Crippen molar-refractivity contribution >= 4 is 28.1 Å². The Morgan fingerprint density at radius 1 is 1.22 bits per heavy atom. The molecule has 0 spiro atoms. The van der Waals surface area contributed by atoms with Gasteiger partial charge in [0.1, 0.15) is 5.75 Å². The number of hydrazone groups is 1. The number of nitrogens with one attached hydrogen (secondary N) is 1. The van der Waals surface area contributed by atoms with Crippen LogP contribution >= 0.6 is 15.9 Å². The normalized spacial score (nSPS) is 10.6. The van der Waals surface area contributed by atoms with E-state index in [1.165, 1.54) is 20.4 Å². The maximum Gasteiger partial charge on any atom is 0.275 e. The molecule has 0 saturated carbocycles. The monoisotopic (exact) mass is 378 g/mol. The van der Waals surface area contributed by atoms with E-state index in [0.29, 0.717) is 27.1 Å². The van der Waals surface area contributed by atoms with Crippen molar-refractivity contribution in [3.05, 3.63) is 52.0 Å². The largest absolute Gasteiger partial charge is 0.504 e. The number of benzene rings is 2. The Hall–Kier alpha value is -2.54. The number of nitrogens with zero attached hydrogens (tertiary/aromatic N) is 1. The van der Waals surface area contributed by atoms with Crippen molar-refractivity contribution in [2.45, 2.75) is 0 Å². The van der Waals surface area contributed by atoms with E-state index in [1.807, 2.05) is 0 Å². The molecular formula is C16H15BrN2O4. The third-order valence-electron chi connectivity index (χ3n) is 3.01. The summed E-state index contributed by atoms with van der Waals surface area (Å²) in [6, 6.07) is 10.1. The molecule has 7 heteroatoms. The van der Waals surface area contributed by atoms with Crippen molar-refractivity contribution < 1.29 is 19.4 Å².